The summed E-state index contributed by atoms with van der Waals surface area (Å²) < 4.78 is 28.5. The zero-order chi connectivity index (χ0) is 16.1. The molecule has 0 aliphatic rings. The van der Waals surface area contributed by atoms with Crippen molar-refractivity contribution in [3.8, 4) is 0 Å². The Morgan fingerprint density at radius 3 is 2.59 bits per heavy atom. The molecule has 1 aromatic carbocycles. The minimum atomic E-state index is -0.476. The van der Waals surface area contributed by atoms with Crippen LogP contribution in [0.25, 0.3) is 0 Å². The summed E-state index contributed by atoms with van der Waals surface area (Å²) in [5, 5.41) is 13.9. The number of aryl methyl sites for hydroxylation is 1. The summed E-state index contributed by atoms with van der Waals surface area (Å²) in [4.78, 5) is 4.03. The Morgan fingerprint density at radius 2 is 1.95 bits per heavy atom. The van der Waals surface area contributed by atoms with Crippen molar-refractivity contribution in [2.24, 2.45) is 12.0 Å². The number of nitrogens with one attached hydrogen (secondary N) is 2. The third-order valence-corrected chi connectivity index (χ3v) is 3.27. The fourth-order valence-electron chi connectivity index (χ4n) is 1.85. The lowest BCUT2D eigenvalue weighted by atomic mass is 10.2. The summed E-state index contributed by atoms with van der Waals surface area (Å²) in [6.45, 7) is 2.40. The molecule has 1 aromatic heterocycles. The van der Waals surface area contributed by atoms with Gasteiger partial charge in [0.15, 0.2) is 11.8 Å². The van der Waals surface area contributed by atoms with Gasteiger partial charge < -0.3 is 15.2 Å². The SMILES string of the molecule is CN=C(NCc1cc(F)ccc1F)NCc1nnc(C)n1C. The minimum Gasteiger partial charge on any atom is -0.352 e. The maximum absolute atomic E-state index is 13.5. The van der Waals surface area contributed by atoms with Crippen LogP contribution in [0.2, 0.25) is 0 Å². The first-order valence-corrected chi connectivity index (χ1v) is 6.74. The summed E-state index contributed by atoms with van der Waals surface area (Å²) >= 11 is 0. The Kier molecular flexibility index (Phi) is 5.03. The lowest BCUT2D eigenvalue weighted by molar-refractivity contribution is 0.581. The van der Waals surface area contributed by atoms with Crippen LogP contribution in [0.3, 0.4) is 0 Å². The van der Waals surface area contributed by atoms with Crippen molar-refractivity contribution in [1.82, 2.24) is 25.4 Å². The van der Waals surface area contributed by atoms with E-state index in [1.165, 1.54) is 0 Å². The molecule has 2 N–H and O–H groups in total. The number of hydrogen-bond donors (Lipinski definition) is 2. The topological polar surface area (TPSA) is 67.1 Å². The summed E-state index contributed by atoms with van der Waals surface area (Å²) in [7, 11) is 3.46. The lowest BCUT2D eigenvalue weighted by Gasteiger charge is -2.12. The van der Waals surface area contributed by atoms with E-state index in [-0.39, 0.29) is 12.1 Å². The Morgan fingerprint density at radius 1 is 1.23 bits per heavy atom. The Hall–Kier alpha value is -2.51. The number of benzene rings is 1. The molecule has 0 atom stereocenters. The van der Waals surface area contributed by atoms with Crippen LogP contribution in [0.15, 0.2) is 23.2 Å². The standard InChI is InChI=1S/C14H18F2N6/c1-9-20-21-13(22(9)3)8-19-14(17-2)18-7-10-6-11(15)4-5-12(10)16/h4-6H,7-8H2,1-3H3,(H2,17,18,19). The van der Waals surface area contributed by atoms with Crippen LogP contribution in [0.4, 0.5) is 8.78 Å². The van der Waals surface area contributed by atoms with Crippen LogP contribution >= 0.6 is 0 Å². The lowest BCUT2D eigenvalue weighted by Crippen LogP contribution is -2.37. The van der Waals surface area contributed by atoms with E-state index >= 15 is 0 Å². The number of aliphatic imine (C=N–C) groups is 1. The molecule has 0 amide bonds. The van der Waals surface area contributed by atoms with Crippen LogP contribution in [0.5, 0.6) is 0 Å². The van der Waals surface area contributed by atoms with Crippen molar-refractivity contribution in [2.45, 2.75) is 20.0 Å². The molecule has 0 spiro atoms. The fraction of sp³-hybridized carbons (Fsp3) is 0.357. The molecular weight excluding hydrogens is 290 g/mol. The summed E-state index contributed by atoms with van der Waals surface area (Å²) in [5.74, 6) is 1.08. The highest BCUT2D eigenvalue weighted by atomic mass is 19.1. The van der Waals surface area contributed by atoms with Gasteiger partial charge in [-0.15, -0.1) is 10.2 Å². The number of nitrogens with zero attached hydrogens (tertiary/aromatic N) is 4. The quantitative estimate of drug-likeness (QED) is 0.659. The Balaban J connectivity index is 1.93. The normalized spacial score (nSPS) is 11.6. The van der Waals surface area contributed by atoms with Gasteiger partial charge in [-0.2, -0.15) is 0 Å². The second-order valence-electron chi connectivity index (χ2n) is 4.74. The third-order valence-electron chi connectivity index (χ3n) is 3.27. The predicted molar refractivity (Wildman–Crippen MR) is 79.1 cm³/mol. The van der Waals surface area contributed by atoms with E-state index < -0.39 is 11.6 Å². The van der Waals surface area contributed by atoms with Gasteiger partial charge in [-0.05, 0) is 25.1 Å². The van der Waals surface area contributed by atoms with Gasteiger partial charge in [0.05, 0.1) is 6.54 Å². The monoisotopic (exact) mass is 308 g/mol. The molecule has 118 valence electrons. The maximum atomic E-state index is 13.5. The first-order chi connectivity index (χ1) is 10.5. The van der Waals surface area contributed by atoms with Crippen molar-refractivity contribution >= 4 is 5.96 Å². The zero-order valence-electron chi connectivity index (χ0n) is 12.7. The van der Waals surface area contributed by atoms with Crippen LogP contribution in [-0.2, 0) is 20.1 Å². The van der Waals surface area contributed by atoms with Gasteiger partial charge in [0.2, 0.25) is 0 Å². The van der Waals surface area contributed by atoms with Crippen molar-refractivity contribution in [2.75, 3.05) is 7.05 Å². The first kappa shape index (κ1) is 15.9. The molecule has 0 aliphatic heterocycles. The highest BCUT2D eigenvalue weighted by Gasteiger charge is 2.07. The molecule has 8 heteroatoms. The van der Waals surface area contributed by atoms with E-state index in [9.17, 15) is 8.78 Å². The average Bonchev–Trinajstić information content (AvgIpc) is 2.82. The van der Waals surface area contributed by atoms with Gasteiger partial charge >= 0.3 is 0 Å². The smallest absolute Gasteiger partial charge is 0.191 e. The van der Waals surface area contributed by atoms with Crippen molar-refractivity contribution in [3.05, 3.63) is 47.0 Å². The van der Waals surface area contributed by atoms with Gasteiger partial charge in [-0.3, -0.25) is 4.99 Å². The van der Waals surface area contributed by atoms with Crippen LogP contribution in [0, 0.1) is 18.6 Å². The molecule has 0 unspecified atom stereocenters. The van der Waals surface area contributed by atoms with E-state index in [4.69, 9.17) is 0 Å². The van der Waals surface area contributed by atoms with Crippen molar-refractivity contribution in [1.29, 1.82) is 0 Å². The van der Waals surface area contributed by atoms with E-state index in [1.54, 1.807) is 7.05 Å². The number of guanidine groups is 1. The van der Waals surface area contributed by atoms with Gasteiger partial charge in [-0.25, -0.2) is 8.78 Å². The maximum Gasteiger partial charge on any atom is 0.191 e. The first-order valence-electron chi connectivity index (χ1n) is 6.74. The molecule has 1 heterocycles. The van der Waals surface area contributed by atoms with Gasteiger partial charge in [-0.1, -0.05) is 0 Å². The molecule has 0 radical (unpaired) electrons. The van der Waals surface area contributed by atoms with Crippen LogP contribution in [-0.4, -0.2) is 27.8 Å². The van der Waals surface area contributed by atoms with E-state index in [2.05, 4.69) is 25.8 Å². The van der Waals surface area contributed by atoms with E-state index in [1.807, 2.05) is 18.5 Å². The van der Waals surface area contributed by atoms with Crippen LogP contribution < -0.4 is 10.6 Å². The molecular formula is C14H18F2N6. The Labute approximate surface area is 127 Å². The summed E-state index contributed by atoms with van der Waals surface area (Å²) in [6.07, 6.45) is 0. The predicted octanol–water partition coefficient (Wildman–Crippen LogP) is 1.27. The number of rotatable bonds is 4. The van der Waals surface area contributed by atoms with Gasteiger partial charge in [0.25, 0.3) is 0 Å². The highest BCUT2D eigenvalue weighted by Crippen LogP contribution is 2.09. The number of halogens is 2. The van der Waals surface area contributed by atoms with Gasteiger partial charge in [0, 0.05) is 26.2 Å². The number of aromatic nitrogens is 3. The highest BCUT2D eigenvalue weighted by molar-refractivity contribution is 5.79. The molecule has 22 heavy (non-hydrogen) atoms. The van der Waals surface area contributed by atoms with E-state index in [0.717, 1.165) is 29.8 Å². The largest absolute Gasteiger partial charge is 0.352 e. The number of hydrogen-bond acceptors (Lipinski definition) is 3. The summed E-state index contributed by atoms with van der Waals surface area (Å²) in [5.41, 5.74) is 0.234. The molecule has 0 bridgehead atoms. The average molecular weight is 308 g/mol. The summed E-state index contributed by atoms with van der Waals surface area (Å²) in [6, 6.07) is 3.34. The molecule has 0 fully saturated rings. The van der Waals surface area contributed by atoms with Crippen molar-refractivity contribution in [3.63, 3.8) is 0 Å². The molecule has 0 aliphatic carbocycles. The molecule has 6 nitrogen and oxygen atoms in total. The van der Waals surface area contributed by atoms with Crippen molar-refractivity contribution < 1.29 is 8.78 Å². The molecule has 2 aromatic rings. The molecule has 2 rings (SSSR count). The fourth-order valence-corrected chi connectivity index (χ4v) is 1.85. The van der Waals surface area contributed by atoms with Crippen LogP contribution in [0.1, 0.15) is 17.2 Å². The third kappa shape index (κ3) is 3.78. The molecule has 0 saturated carbocycles. The molecule has 0 saturated heterocycles. The van der Waals surface area contributed by atoms with Gasteiger partial charge in [0.1, 0.15) is 17.5 Å². The second kappa shape index (κ2) is 6.97. The van der Waals surface area contributed by atoms with E-state index in [0.29, 0.717) is 12.5 Å². The minimum absolute atomic E-state index is 0.126. The zero-order valence-corrected chi connectivity index (χ0v) is 12.7. The second-order valence-corrected chi connectivity index (χ2v) is 4.74. The Bertz CT molecular complexity index is 680.